The van der Waals surface area contributed by atoms with Crippen LogP contribution in [0.25, 0.3) is 0 Å². The van der Waals surface area contributed by atoms with Crippen LogP contribution in [-0.2, 0) is 0 Å². The van der Waals surface area contributed by atoms with Crippen molar-refractivity contribution in [3.63, 3.8) is 0 Å². The molecular weight excluding hydrogens is 162 g/mol. The fourth-order valence-corrected chi connectivity index (χ4v) is 1.56. The van der Waals surface area contributed by atoms with Gasteiger partial charge in [0.2, 0.25) is 0 Å². The Labute approximate surface area is 71.7 Å². The van der Waals surface area contributed by atoms with Gasteiger partial charge in [0.1, 0.15) is 0 Å². The van der Waals surface area contributed by atoms with E-state index in [1.807, 2.05) is 0 Å². The van der Waals surface area contributed by atoms with Gasteiger partial charge in [0, 0.05) is 6.04 Å². The molecule has 72 valence electrons. The normalized spacial score (nSPS) is 31.0. The molecule has 0 saturated carbocycles. The Morgan fingerprint density at radius 2 is 2.33 bits per heavy atom. The van der Waals surface area contributed by atoms with Gasteiger partial charge in [-0.15, -0.1) is 0 Å². The van der Waals surface area contributed by atoms with Gasteiger partial charge in [-0.25, -0.2) is 8.78 Å². The highest BCUT2D eigenvalue weighted by molar-refractivity contribution is 4.80. The van der Waals surface area contributed by atoms with Gasteiger partial charge in [-0.3, -0.25) is 0 Å². The molecule has 0 radical (unpaired) electrons. The van der Waals surface area contributed by atoms with Gasteiger partial charge in [-0.1, -0.05) is 6.92 Å². The zero-order valence-electron chi connectivity index (χ0n) is 7.32. The summed E-state index contributed by atoms with van der Waals surface area (Å²) in [6.45, 7) is 3.77. The molecule has 2 unspecified atom stereocenters. The molecule has 2 nitrogen and oxygen atoms in total. The van der Waals surface area contributed by atoms with Crippen molar-refractivity contribution in [2.75, 3.05) is 19.6 Å². The van der Waals surface area contributed by atoms with Crippen molar-refractivity contribution < 1.29 is 8.78 Å². The van der Waals surface area contributed by atoms with Crippen LogP contribution in [-0.4, -0.2) is 32.1 Å². The molecule has 1 aliphatic heterocycles. The largest absolute Gasteiger partial charge is 0.316 e. The van der Waals surface area contributed by atoms with Crippen LogP contribution in [0.5, 0.6) is 0 Å². The van der Waals surface area contributed by atoms with E-state index in [0.717, 1.165) is 19.5 Å². The van der Waals surface area contributed by atoms with Gasteiger partial charge in [0.25, 0.3) is 6.43 Å². The molecule has 0 bridgehead atoms. The molecular formula is C8H16F2N2. The summed E-state index contributed by atoms with van der Waals surface area (Å²) in [5, 5.41) is 6.11. The summed E-state index contributed by atoms with van der Waals surface area (Å²) in [5.41, 5.74) is 0. The summed E-state index contributed by atoms with van der Waals surface area (Å²) >= 11 is 0. The van der Waals surface area contributed by atoms with E-state index in [1.54, 1.807) is 0 Å². The van der Waals surface area contributed by atoms with E-state index in [4.69, 9.17) is 0 Å². The van der Waals surface area contributed by atoms with Crippen LogP contribution in [0.15, 0.2) is 0 Å². The maximum absolute atomic E-state index is 11.8. The summed E-state index contributed by atoms with van der Waals surface area (Å²) in [5.74, 6) is 0.456. The predicted octanol–water partition coefficient (Wildman–Crippen LogP) is 0.839. The Kier molecular flexibility index (Phi) is 3.88. The number of hydrogen-bond donors (Lipinski definition) is 2. The van der Waals surface area contributed by atoms with Crippen LogP contribution in [0.4, 0.5) is 8.78 Å². The van der Waals surface area contributed by atoms with Crippen molar-refractivity contribution in [3.8, 4) is 0 Å². The maximum atomic E-state index is 11.8. The van der Waals surface area contributed by atoms with Crippen molar-refractivity contribution in [2.24, 2.45) is 5.92 Å². The Bertz CT molecular complexity index is 130. The van der Waals surface area contributed by atoms with Crippen molar-refractivity contribution in [3.05, 3.63) is 0 Å². The van der Waals surface area contributed by atoms with Gasteiger partial charge in [-0.2, -0.15) is 0 Å². The summed E-state index contributed by atoms with van der Waals surface area (Å²) < 4.78 is 23.7. The zero-order chi connectivity index (χ0) is 8.97. The third kappa shape index (κ3) is 3.03. The lowest BCUT2D eigenvalue weighted by molar-refractivity contribution is 0.133. The van der Waals surface area contributed by atoms with Gasteiger partial charge in [0.15, 0.2) is 0 Å². The lowest BCUT2D eigenvalue weighted by Gasteiger charge is -2.30. The highest BCUT2D eigenvalue weighted by atomic mass is 19.3. The van der Waals surface area contributed by atoms with E-state index in [-0.39, 0.29) is 12.6 Å². The molecule has 0 amide bonds. The first-order valence-corrected chi connectivity index (χ1v) is 4.42. The summed E-state index contributed by atoms with van der Waals surface area (Å²) in [6.07, 6.45) is -1.28. The molecule has 12 heavy (non-hydrogen) atoms. The quantitative estimate of drug-likeness (QED) is 0.669. The minimum Gasteiger partial charge on any atom is -0.316 e. The standard InChI is InChI=1S/C8H16F2N2/c1-6-4-11-3-2-7(6)12-5-8(9)10/h6-8,11-12H,2-5H2,1H3. The SMILES string of the molecule is CC1CNCCC1NCC(F)F. The molecule has 1 aliphatic rings. The Hall–Kier alpha value is -0.220. The molecule has 1 rings (SSSR count). The Morgan fingerprint density at radius 1 is 1.58 bits per heavy atom. The van der Waals surface area contributed by atoms with Crippen molar-refractivity contribution in [1.29, 1.82) is 0 Å². The van der Waals surface area contributed by atoms with Crippen LogP contribution >= 0.6 is 0 Å². The van der Waals surface area contributed by atoms with Crippen molar-refractivity contribution >= 4 is 0 Å². The lowest BCUT2D eigenvalue weighted by Crippen LogP contribution is -2.47. The van der Waals surface area contributed by atoms with Gasteiger partial charge >= 0.3 is 0 Å². The second kappa shape index (κ2) is 4.72. The van der Waals surface area contributed by atoms with E-state index in [1.165, 1.54) is 0 Å². The Morgan fingerprint density at radius 3 is 2.92 bits per heavy atom. The summed E-state index contributed by atoms with van der Waals surface area (Å²) in [7, 11) is 0. The molecule has 0 aromatic carbocycles. The van der Waals surface area contributed by atoms with E-state index < -0.39 is 6.43 Å². The van der Waals surface area contributed by atoms with Gasteiger partial charge in [-0.05, 0) is 25.4 Å². The van der Waals surface area contributed by atoms with Gasteiger partial charge < -0.3 is 10.6 Å². The zero-order valence-corrected chi connectivity index (χ0v) is 7.32. The van der Waals surface area contributed by atoms with E-state index in [2.05, 4.69) is 17.6 Å². The second-order valence-electron chi connectivity index (χ2n) is 3.38. The molecule has 2 atom stereocenters. The smallest absolute Gasteiger partial charge is 0.250 e. The number of nitrogens with one attached hydrogen (secondary N) is 2. The van der Waals surface area contributed by atoms with Crippen LogP contribution in [0.2, 0.25) is 0 Å². The highest BCUT2D eigenvalue weighted by Crippen LogP contribution is 2.10. The predicted molar refractivity (Wildman–Crippen MR) is 44.4 cm³/mol. The first-order chi connectivity index (χ1) is 5.70. The van der Waals surface area contributed by atoms with Crippen molar-refractivity contribution in [1.82, 2.24) is 10.6 Å². The molecule has 0 aliphatic carbocycles. The second-order valence-corrected chi connectivity index (χ2v) is 3.38. The minimum absolute atomic E-state index is 0.172. The summed E-state index contributed by atoms with van der Waals surface area (Å²) in [6, 6.07) is 0.264. The fourth-order valence-electron chi connectivity index (χ4n) is 1.56. The number of alkyl halides is 2. The number of hydrogen-bond acceptors (Lipinski definition) is 2. The average molecular weight is 178 g/mol. The first-order valence-electron chi connectivity index (χ1n) is 4.42. The van der Waals surface area contributed by atoms with E-state index in [0.29, 0.717) is 5.92 Å². The third-order valence-electron chi connectivity index (χ3n) is 2.32. The minimum atomic E-state index is -2.23. The monoisotopic (exact) mass is 178 g/mol. The van der Waals surface area contributed by atoms with Crippen molar-refractivity contribution in [2.45, 2.75) is 25.8 Å². The maximum Gasteiger partial charge on any atom is 0.250 e. The molecule has 2 N–H and O–H groups in total. The average Bonchev–Trinajstić information content (AvgIpc) is 2.03. The number of rotatable bonds is 3. The topological polar surface area (TPSA) is 24.1 Å². The molecule has 1 saturated heterocycles. The molecule has 0 aromatic rings. The molecule has 0 aromatic heterocycles. The third-order valence-corrected chi connectivity index (χ3v) is 2.32. The fraction of sp³-hybridized carbons (Fsp3) is 1.00. The molecule has 0 spiro atoms. The summed E-state index contributed by atoms with van der Waals surface area (Å²) in [4.78, 5) is 0. The Balaban J connectivity index is 2.20. The molecule has 1 heterocycles. The van der Waals surface area contributed by atoms with Gasteiger partial charge in [0.05, 0.1) is 6.54 Å². The molecule has 4 heteroatoms. The highest BCUT2D eigenvalue weighted by Gasteiger charge is 2.20. The number of halogens is 2. The van der Waals surface area contributed by atoms with E-state index in [9.17, 15) is 8.78 Å². The van der Waals surface area contributed by atoms with E-state index >= 15 is 0 Å². The van der Waals surface area contributed by atoms with Crippen LogP contribution < -0.4 is 10.6 Å². The molecule has 1 fully saturated rings. The number of piperidine rings is 1. The van der Waals surface area contributed by atoms with Crippen LogP contribution in [0, 0.1) is 5.92 Å². The first kappa shape index (κ1) is 9.86. The van der Waals surface area contributed by atoms with Crippen LogP contribution in [0.1, 0.15) is 13.3 Å². The van der Waals surface area contributed by atoms with Crippen LogP contribution in [0.3, 0.4) is 0 Å². The lowest BCUT2D eigenvalue weighted by atomic mass is 9.95.